The van der Waals surface area contributed by atoms with Gasteiger partial charge < -0.3 is 4.74 Å². The zero-order valence-corrected chi connectivity index (χ0v) is 22.1. The minimum atomic E-state index is -0.104. The highest BCUT2D eigenvalue weighted by molar-refractivity contribution is 8.19. The molecule has 1 fully saturated rings. The van der Waals surface area contributed by atoms with Crippen molar-refractivity contribution in [1.82, 2.24) is 0 Å². The molecule has 0 spiro atoms. The normalized spacial score (nSPS) is 15.5. The van der Waals surface area contributed by atoms with Crippen LogP contribution in [-0.4, -0.2) is 11.1 Å². The Bertz CT molecular complexity index is 1480. The van der Waals surface area contributed by atoms with Crippen molar-refractivity contribution in [3.8, 4) is 5.75 Å². The molecule has 1 aliphatic rings. The molecule has 6 heteroatoms. The fourth-order valence-corrected chi connectivity index (χ4v) is 4.92. The number of ether oxygens (including phenoxy) is 1. The van der Waals surface area contributed by atoms with Gasteiger partial charge in [-0.05, 0) is 91.3 Å². The molecule has 1 amide bonds. The third-order valence-corrected chi connectivity index (χ3v) is 7.05. The number of benzene rings is 4. The Hall–Kier alpha value is -3.80. The molecule has 0 atom stereocenters. The number of nitrogens with zero attached hydrogens (tertiary/aromatic N) is 2. The van der Waals surface area contributed by atoms with Crippen LogP contribution in [0.25, 0.3) is 6.08 Å². The molecule has 0 aromatic heterocycles. The van der Waals surface area contributed by atoms with Crippen LogP contribution < -0.4 is 9.64 Å². The zero-order chi connectivity index (χ0) is 25.8. The highest BCUT2D eigenvalue weighted by Crippen LogP contribution is 2.37. The molecule has 1 saturated heterocycles. The topological polar surface area (TPSA) is 41.9 Å². The zero-order valence-electron chi connectivity index (χ0n) is 20.5. The van der Waals surface area contributed by atoms with Crippen LogP contribution in [0.5, 0.6) is 5.75 Å². The van der Waals surface area contributed by atoms with Crippen LogP contribution in [0.1, 0.15) is 22.3 Å². The van der Waals surface area contributed by atoms with E-state index in [1.165, 1.54) is 11.8 Å². The van der Waals surface area contributed by atoms with E-state index in [4.69, 9.17) is 21.3 Å². The Kier molecular flexibility index (Phi) is 7.45. The molecule has 4 aromatic carbocycles. The largest absolute Gasteiger partial charge is 0.489 e. The number of aryl methyl sites for hydroxylation is 2. The summed E-state index contributed by atoms with van der Waals surface area (Å²) in [6.07, 6.45) is 1.89. The smallest absolute Gasteiger partial charge is 0.271 e. The first-order valence-electron chi connectivity index (χ1n) is 11.9. The van der Waals surface area contributed by atoms with Gasteiger partial charge in [0, 0.05) is 5.02 Å². The Morgan fingerprint density at radius 2 is 1.57 bits per heavy atom. The van der Waals surface area contributed by atoms with Crippen molar-refractivity contribution in [1.29, 1.82) is 0 Å². The number of thioether (sulfide) groups is 1. The van der Waals surface area contributed by atoms with Crippen molar-refractivity contribution in [2.24, 2.45) is 4.99 Å². The van der Waals surface area contributed by atoms with Crippen LogP contribution in [0.2, 0.25) is 5.02 Å². The van der Waals surface area contributed by atoms with Crippen LogP contribution in [-0.2, 0) is 11.4 Å². The van der Waals surface area contributed by atoms with E-state index in [2.05, 4.69) is 0 Å². The van der Waals surface area contributed by atoms with Crippen molar-refractivity contribution in [3.63, 3.8) is 0 Å². The molecule has 184 valence electrons. The molecular formula is C31H25ClN2O2S. The van der Waals surface area contributed by atoms with Crippen LogP contribution in [0.15, 0.2) is 107 Å². The predicted molar refractivity (Wildman–Crippen MR) is 155 cm³/mol. The number of hydrogen-bond acceptors (Lipinski definition) is 4. The van der Waals surface area contributed by atoms with Gasteiger partial charge in [-0.1, -0.05) is 71.3 Å². The maximum Gasteiger partial charge on any atom is 0.271 e. The van der Waals surface area contributed by atoms with Crippen molar-refractivity contribution < 1.29 is 9.53 Å². The van der Waals surface area contributed by atoms with Gasteiger partial charge >= 0.3 is 0 Å². The molecule has 0 aliphatic carbocycles. The Morgan fingerprint density at radius 3 is 2.27 bits per heavy atom. The average molecular weight is 525 g/mol. The van der Waals surface area contributed by atoms with Gasteiger partial charge in [0.2, 0.25) is 0 Å². The summed E-state index contributed by atoms with van der Waals surface area (Å²) in [7, 11) is 0. The van der Waals surface area contributed by atoms with Crippen molar-refractivity contribution >= 4 is 51.9 Å². The number of carbonyl (C=O) groups is 1. The van der Waals surface area contributed by atoms with Gasteiger partial charge in [-0.2, -0.15) is 0 Å². The van der Waals surface area contributed by atoms with Gasteiger partial charge in [-0.25, -0.2) is 4.99 Å². The Labute approximate surface area is 226 Å². The Balaban J connectivity index is 1.42. The molecule has 5 rings (SSSR count). The summed E-state index contributed by atoms with van der Waals surface area (Å²) in [5.41, 5.74) is 5.79. The third-order valence-electron chi connectivity index (χ3n) is 5.83. The summed E-state index contributed by atoms with van der Waals surface area (Å²) in [4.78, 5) is 20.7. The number of carbonyl (C=O) groups excluding carboxylic acids is 1. The van der Waals surface area contributed by atoms with E-state index in [1.54, 1.807) is 4.90 Å². The summed E-state index contributed by atoms with van der Waals surface area (Å²) in [6, 6.07) is 31.2. The fraction of sp³-hybridized carbons (Fsp3) is 0.0968. The first-order chi connectivity index (χ1) is 17.9. The molecule has 4 nitrogen and oxygen atoms in total. The van der Waals surface area contributed by atoms with E-state index in [9.17, 15) is 4.79 Å². The lowest BCUT2D eigenvalue weighted by Gasteiger charge is -2.16. The van der Waals surface area contributed by atoms with Gasteiger partial charge in [0.25, 0.3) is 5.91 Å². The molecular weight excluding hydrogens is 500 g/mol. The van der Waals surface area contributed by atoms with Crippen molar-refractivity contribution in [3.05, 3.63) is 129 Å². The second-order valence-corrected chi connectivity index (χ2v) is 10.2. The van der Waals surface area contributed by atoms with Crippen molar-refractivity contribution in [2.75, 3.05) is 4.90 Å². The molecule has 0 saturated carbocycles. The second kappa shape index (κ2) is 11.1. The Morgan fingerprint density at radius 1 is 0.892 bits per heavy atom. The van der Waals surface area contributed by atoms with Crippen LogP contribution in [0.3, 0.4) is 0 Å². The highest BCUT2D eigenvalue weighted by Gasteiger charge is 2.34. The van der Waals surface area contributed by atoms with E-state index in [-0.39, 0.29) is 5.91 Å². The van der Waals surface area contributed by atoms with E-state index < -0.39 is 0 Å². The number of aliphatic imine (C=N–C) groups is 1. The first kappa shape index (κ1) is 24.9. The molecule has 0 radical (unpaired) electrons. The second-order valence-electron chi connectivity index (χ2n) is 8.80. The summed E-state index contributed by atoms with van der Waals surface area (Å²) in [5, 5.41) is 1.32. The lowest BCUT2D eigenvalue weighted by Crippen LogP contribution is -2.28. The summed E-state index contributed by atoms with van der Waals surface area (Å²) >= 11 is 7.34. The van der Waals surface area contributed by atoms with Gasteiger partial charge in [0.1, 0.15) is 12.4 Å². The first-order valence-corrected chi connectivity index (χ1v) is 13.1. The lowest BCUT2D eigenvalue weighted by molar-refractivity contribution is -0.113. The van der Waals surface area contributed by atoms with Gasteiger partial charge in [-0.3, -0.25) is 9.69 Å². The maximum absolute atomic E-state index is 13.6. The van der Waals surface area contributed by atoms with Crippen LogP contribution in [0.4, 0.5) is 11.4 Å². The third kappa shape index (κ3) is 6.13. The fourth-order valence-electron chi connectivity index (χ4n) is 3.79. The van der Waals surface area contributed by atoms with E-state index >= 15 is 0 Å². The van der Waals surface area contributed by atoms with E-state index in [1.807, 2.05) is 117 Å². The van der Waals surface area contributed by atoms with E-state index in [0.29, 0.717) is 21.7 Å². The number of anilines is 1. The standard InChI is InChI=1S/C31H25ClN2O2S/c1-21-6-14-26(15-7-21)33-31-34(27-16-8-22(2)9-17-27)30(35)29(37-31)19-24-4-3-5-28(18-24)36-20-23-10-12-25(32)13-11-23/h3-19H,20H2,1-2H3/b29-19-,33-31?. The quantitative estimate of drug-likeness (QED) is 0.238. The lowest BCUT2D eigenvalue weighted by atomic mass is 10.2. The number of hydrogen-bond donors (Lipinski definition) is 0. The average Bonchev–Trinajstić information content (AvgIpc) is 3.20. The predicted octanol–water partition coefficient (Wildman–Crippen LogP) is 8.34. The van der Waals surface area contributed by atoms with Gasteiger partial charge in [0.15, 0.2) is 5.17 Å². The van der Waals surface area contributed by atoms with Gasteiger partial charge in [-0.15, -0.1) is 0 Å². The number of amides is 1. The van der Waals surface area contributed by atoms with Crippen LogP contribution >= 0.6 is 23.4 Å². The molecule has 37 heavy (non-hydrogen) atoms. The van der Waals surface area contributed by atoms with Crippen molar-refractivity contribution in [2.45, 2.75) is 20.5 Å². The molecule has 1 aliphatic heterocycles. The monoisotopic (exact) mass is 524 g/mol. The summed E-state index contributed by atoms with van der Waals surface area (Å²) in [6.45, 7) is 4.50. The number of amidine groups is 1. The molecule has 0 bridgehead atoms. The van der Waals surface area contributed by atoms with Gasteiger partial charge in [0.05, 0.1) is 16.3 Å². The number of rotatable bonds is 6. The molecule has 0 N–H and O–H groups in total. The molecule has 4 aromatic rings. The van der Waals surface area contributed by atoms with Crippen LogP contribution in [0, 0.1) is 13.8 Å². The molecule has 0 unspecified atom stereocenters. The summed E-state index contributed by atoms with van der Waals surface area (Å²) in [5.74, 6) is 0.621. The maximum atomic E-state index is 13.6. The minimum absolute atomic E-state index is 0.104. The SMILES string of the molecule is Cc1ccc(N=C2S/C(=C\c3cccc(OCc4ccc(Cl)cc4)c3)C(=O)N2c2ccc(C)cc2)cc1. The summed E-state index contributed by atoms with van der Waals surface area (Å²) < 4.78 is 5.98. The number of halogens is 1. The highest BCUT2D eigenvalue weighted by atomic mass is 35.5. The minimum Gasteiger partial charge on any atom is -0.489 e. The molecule has 1 heterocycles. The van der Waals surface area contributed by atoms with E-state index in [0.717, 1.165) is 39.4 Å².